The molecule has 1 saturated heterocycles. The third-order valence-electron chi connectivity index (χ3n) is 4.41. The lowest BCUT2D eigenvalue weighted by molar-refractivity contribution is -0.133. The van der Waals surface area contributed by atoms with Crippen LogP contribution in [0.15, 0.2) is 18.2 Å². The summed E-state index contributed by atoms with van der Waals surface area (Å²) in [5.74, 6) is 1.08. The number of methoxy groups -OCH3 is 1. The second-order valence-electron chi connectivity index (χ2n) is 5.96. The molecule has 2 unspecified atom stereocenters. The molecule has 21 heavy (non-hydrogen) atoms. The first-order chi connectivity index (χ1) is 9.96. The molecule has 0 bridgehead atoms. The van der Waals surface area contributed by atoms with Crippen molar-refractivity contribution < 1.29 is 9.53 Å². The third kappa shape index (κ3) is 2.77. The Hall–Kier alpha value is -1.55. The van der Waals surface area contributed by atoms with Crippen LogP contribution in [0.25, 0.3) is 0 Å². The van der Waals surface area contributed by atoms with E-state index in [1.54, 1.807) is 7.11 Å². The predicted octanol–water partition coefficient (Wildman–Crippen LogP) is 3.01. The molecule has 0 aromatic heterocycles. The second-order valence-corrected chi connectivity index (χ2v) is 5.96. The van der Waals surface area contributed by atoms with Crippen molar-refractivity contribution in [2.24, 2.45) is 0 Å². The van der Waals surface area contributed by atoms with E-state index in [4.69, 9.17) is 4.74 Å². The van der Waals surface area contributed by atoms with E-state index in [1.165, 1.54) is 0 Å². The quantitative estimate of drug-likeness (QED) is 0.906. The van der Waals surface area contributed by atoms with Crippen LogP contribution in [0.4, 0.5) is 0 Å². The van der Waals surface area contributed by atoms with Gasteiger partial charge in [0.05, 0.1) is 12.6 Å². The molecule has 1 aliphatic rings. The predicted molar refractivity (Wildman–Crippen MR) is 84.3 cm³/mol. The molecule has 1 aromatic rings. The van der Waals surface area contributed by atoms with Crippen LogP contribution in [0.3, 0.4) is 0 Å². The van der Waals surface area contributed by atoms with Crippen molar-refractivity contribution >= 4 is 5.91 Å². The number of hydrogen-bond acceptors (Lipinski definition) is 3. The van der Waals surface area contributed by atoms with Crippen LogP contribution in [-0.4, -0.2) is 30.0 Å². The van der Waals surface area contributed by atoms with Gasteiger partial charge in [0, 0.05) is 6.54 Å². The normalized spacial score (nSPS) is 25.5. The average molecular weight is 290 g/mol. The molecule has 1 aliphatic heterocycles. The first kappa shape index (κ1) is 15.8. The van der Waals surface area contributed by atoms with Crippen LogP contribution < -0.4 is 10.1 Å². The van der Waals surface area contributed by atoms with E-state index >= 15 is 0 Å². The zero-order chi connectivity index (χ0) is 15.6. The summed E-state index contributed by atoms with van der Waals surface area (Å²) in [6, 6.07) is 6.12. The van der Waals surface area contributed by atoms with E-state index in [2.05, 4.69) is 25.2 Å². The highest BCUT2D eigenvalue weighted by atomic mass is 16.5. The van der Waals surface area contributed by atoms with Gasteiger partial charge in [-0.3, -0.25) is 10.1 Å². The number of amides is 1. The van der Waals surface area contributed by atoms with Gasteiger partial charge in [0.2, 0.25) is 5.91 Å². The topological polar surface area (TPSA) is 41.6 Å². The highest BCUT2D eigenvalue weighted by Crippen LogP contribution is 2.34. The van der Waals surface area contributed by atoms with Crippen LogP contribution in [0.2, 0.25) is 0 Å². The molecule has 0 radical (unpaired) electrons. The van der Waals surface area contributed by atoms with Gasteiger partial charge in [-0.2, -0.15) is 0 Å². The van der Waals surface area contributed by atoms with E-state index in [0.29, 0.717) is 0 Å². The number of carbonyl (C=O) groups excluding carboxylic acids is 1. The van der Waals surface area contributed by atoms with Gasteiger partial charge in [0.25, 0.3) is 0 Å². The summed E-state index contributed by atoms with van der Waals surface area (Å²) in [5.41, 5.74) is 1.74. The zero-order valence-corrected chi connectivity index (χ0v) is 13.7. The lowest BCUT2D eigenvalue weighted by Gasteiger charge is -2.24. The van der Waals surface area contributed by atoms with Crippen molar-refractivity contribution in [3.05, 3.63) is 29.3 Å². The molecule has 1 heterocycles. The fraction of sp³-hybridized carbons (Fsp3) is 0.588. The number of ether oxygens (including phenoxy) is 1. The Morgan fingerprint density at radius 3 is 2.62 bits per heavy atom. The molecule has 1 fully saturated rings. The van der Waals surface area contributed by atoms with Crippen LogP contribution in [-0.2, 0) is 4.79 Å². The van der Waals surface area contributed by atoms with Gasteiger partial charge in [-0.15, -0.1) is 0 Å². The molecule has 1 N–H and O–H groups in total. The van der Waals surface area contributed by atoms with E-state index in [0.717, 1.165) is 36.3 Å². The molecule has 0 aliphatic carbocycles. The molecular weight excluding hydrogens is 264 g/mol. The highest BCUT2D eigenvalue weighted by molar-refractivity contribution is 5.88. The van der Waals surface area contributed by atoms with Gasteiger partial charge in [-0.25, -0.2) is 0 Å². The van der Waals surface area contributed by atoms with Crippen molar-refractivity contribution in [1.82, 2.24) is 10.2 Å². The summed E-state index contributed by atoms with van der Waals surface area (Å²) in [6.45, 7) is 8.95. The lowest BCUT2D eigenvalue weighted by atomic mass is 9.99. The van der Waals surface area contributed by atoms with Gasteiger partial charge in [-0.1, -0.05) is 19.9 Å². The van der Waals surface area contributed by atoms with Crippen molar-refractivity contribution in [1.29, 1.82) is 0 Å². The molecule has 4 heteroatoms. The van der Waals surface area contributed by atoms with Crippen LogP contribution in [0, 0.1) is 6.92 Å². The number of rotatable bonds is 5. The number of aryl methyl sites for hydroxylation is 1. The van der Waals surface area contributed by atoms with Crippen molar-refractivity contribution in [3.8, 4) is 5.75 Å². The van der Waals surface area contributed by atoms with Crippen LogP contribution in [0.5, 0.6) is 5.75 Å². The Balaban J connectivity index is 2.36. The maximum absolute atomic E-state index is 12.7. The minimum absolute atomic E-state index is 0.0491. The van der Waals surface area contributed by atoms with E-state index < -0.39 is 5.54 Å². The van der Waals surface area contributed by atoms with Crippen molar-refractivity contribution in [2.45, 2.75) is 52.2 Å². The van der Waals surface area contributed by atoms with Crippen LogP contribution in [0.1, 0.15) is 50.9 Å². The van der Waals surface area contributed by atoms with E-state index in [-0.39, 0.29) is 12.1 Å². The Morgan fingerprint density at radius 2 is 2.10 bits per heavy atom. The molecule has 0 saturated carbocycles. The zero-order valence-electron chi connectivity index (χ0n) is 13.7. The van der Waals surface area contributed by atoms with Gasteiger partial charge in [-0.05, 0) is 49.9 Å². The molecule has 0 spiro atoms. The number of benzene rings is 1. The minimum atomic E-state index is -0.465. The summed E-state index contributed by atoms with van der Waals surface area (Å²) in [7, 11) is 1.68. The number of carbonyl (C=O) groups is 1. The number of nitrogens with one attached hydrogen (secondary N) is 1. The summed E-state index contributed by atoms with van der Waals surface area (Å²) < 4.78 is 5.32. The molecule has 2 atom stereocenters. The largest absolute Gasteiger partial charge is 0.496 e. The Labute approximate surface area is 127 Å². The average Bonchev–Trinajstić information content (AvgIpc) is 2.73. The molecule has 1 aromatic carbocycles. The minimum Gasteiger partial charge on any atom is -0.496 e. The maximum atomic E-state index is 12.7. The number of nitrogens with zero attached hydrogens (tertiary/aromatic N) is 1. The lowest BCUT2D eigenvalue weighted by Crippen LogP contribution is -2.43. The fourth-order valence-corrected chi connectivity index (χ4v) is 2.94. The Bertz CT molecular complexity index is 530. The fourth-order valence-electron chi connectivity index (χ4n) is 2.94. The van der Waals surface area contributed by atoms with Gasteiger partial charge in [0.1, 0.15) is 11.9 Å². The summed E-state index contributed by atoms with van der Waals surface area (Å²) in [5, 5.41) is 3.52. The van der Waals surface area contributed by atoms with Gasteiger partial charge < -0.3 is 9.64 Å². The third-order valence-corrected chi connectivity index (χ3v) is 4.41. The number of hydrogen-bond donors (Lipinski definition) is 1. The Kier molecular flexibility index (Phi) is 4.57. The molecular formula is C17H26N2O2. The summed E-state index contributed by atoms with van der Waals surface area (Å²) in [6.07, 6.45) is 1.70. The molecule has 4 nitrogen and oxygen atoms in total. The van der Waals surface area contributed by atoms with Crippen molar-refractivity contribution in [3.63, 3.8) is 0 Å². The van der Waals surface area contributed by atoms with Crippen LogP contribution >= 0.6 is 0 Å². The SMILES string of the molecule is CCCN1C(=O)C(C)(CC)NC1c1ccc(OC)c(C)c1. The first-order valence-electron chi connectivity index (χ1n) is 7.70. The van der Waals surface area contributed by atoms with E-state index in [9.17, 15) is 4.79 Å². The molecule has 1 amide bonds. The smallest absolute Gasteiger partial charge is 0.244 e. The second kappa shape index (κ2) is 6.06. The standard InChI is InChI=1S/C17H26N2O2/c1-6-10-19-15(18-17(4,7-2)16(19)20)13-8-9-14(21-5)12(3)11-13/h8-9,11,15,18H,6-7,10H2,1-5H3. The maximum Gasteiger partial charge on any atom is 0.244 e. The van der Waals surface area contributed by atoms with Crippen molar-refractivity contribution in [2.75, 3.05) is 13.7 Å². The first-order valence-corrected chi connectivity index (χ1v) is 7.70. The van der Waals surface area contributed by atoms with Gasteiger partial charge in [0.15, 0.2) is 0 Å². The monoisotopic (exact) mass is 290 g/mol. The molecule has 2 rings (SSSR count). The molecule has 116 valence electrons. The summed E-state index contributed by atoms with van der Waals surface area (Å²) >= 11 is 0. The summed E-state index contributed by atoms with van der Waals surface area (Å²) in [4.78, 5) is 14.6. The Morgan fingerprint density at radius 1 is 1.38 bits per heavy atom. The van der Waals surface area contributed by atoms with Gasteiger partial charge >= 0.3 is 0 Å². The highest BCUT2D eigenvalue weighted by Gasteiger charge is 2.46. The van der Waals surface area contributed by atoms with E-state index in [1.807, 2.05) is 30.9 Å².